The van der Waals surface area contributed by atoms with E-state index in [9.17, 15) is 4.79 Å². The molecule has 1 aromatic carbocycles. The van der Waals surface area contributed by atoms with Gasteiger partial charge in [0.25, 0.3) is 0 Å². The molecule has 0 aliphatic heterocycles. The zero-order valence-electron chi connectivity index (χ0n) is 13.9. The second-order valence-electron chi connectivity index (χ2n) is 5.97. The Kier molecular flexibility index (Phi) is 3.79. The van der Waals surface area contributed by atoms with E-state index >= 15 is 0 Å². The number of nitrogens with zero attached hydrogens (tertiary/aromatic N) is 4. The van der Waals surface area contributed by atoms with Gasteiger partial charge in [-0.25, -0.2) is 0 Å². The van der Waals surface area contributed by atoms with Gasteiger partial charge < -0.3 is 14.3 Å². The third kappa shape index (κ3) is 2.90. The minimum absolute atomic E-state index is 0.0125. The Morgan fingerprint density at radius 1 is 1.36 bits per heavy atom. The average Bonchev–Trinajstić information content (AvgIpc) is 3.34. The molecular weight excluding hydrogens is 322 g/mol. The van der Waals surface area contributed by atoms with Crippen LogP contribution in [-0.2, 0) is 12.8 Å². The molecule has 1 N–H and O–H groups in total. The zero-order chi connectivity index (χ0) is 17.4. The maximum atomic E-state index is 12.2. The van der Waals surface area contributed by atoms with Gasteiger partial charge in [-0.2, -0.15) is 4.98 Å². The first-order valence-electron chi connectivity index (χ1n) is 8.20. The Morgan fingerprint density at radius 3 is 2.96 bits per heavy atom. The quantitative estimate of drug-likeness (QED) is 0.777. The predicted octanol–water partition coefficient (Wildman–Crippen LogP) is 2.41. The molecule has 3 aromatic rings. The normalized spacial score (nSPS) is 16.0. The van der Waals surface area contributed by atoms with Crippen molar-refractivity contribution in [1.29, 1.82) is 0 Å². The summed E-state index contributed by atoms with van der Waals surface area (Å²) in [5.74, 6) is 1.21. The van der Waals surface area contributed by atoms with Gasteiger partial charge in [-0.1, -0.05) is 24.2 Å². The molecule has 2 heterocycles. The highest BCUT2D eigenvalue weighted by Crippen LogP contribution is 2.33. The summed E-state index contributed by atoms with van der Waals surface area (Å²) in [6, 6.07) is 5.94. The second kappa shape index (κ2) is 6.12. The number of nitrogens with one attached hydrogen (secondary N) is 1. The highest BCUT2D eigenvalue weighted by atomic mass is 16.5. The van der Waals surface area contributed by atoms with Crippen LogP contribution in [0.15, 0.2) is 27.1 Å². The SMILES string of the molecule is CCc1nc(-c2ccc3c(c2)CCC3NC(=O)c2nnc(C)o2)no1. The molecule has 2 aromatic heterocycles. The second-order valence-corrected chi connectivity index (χ2v) is 5.97. The first kappa shape index (κ1) is 15.5. The standard InChI is InChI=1S/C17H17N5O3/c1-3-14-19-15(22-25-14)11-4-6-12-10(8-11)5-7-13(12)18-16(23)17-21-20-9(2)24-17/h4,6,8,13H,3,5,7H2,1-2H3,(H,18,23). The van der Waals surface area contributed by atoms with Crippen LogP contribution in [-0.4, -0.2) is 26.2 Å². The van der Waals surface area contributed by atoms with Gasteiger partial charge in [0.1, 0.15) is 0 Å². The molecule has 128 valence electrons. The first-order chi connectivity index (χ1) is 12.1. The number of amides is 1. The summed E-state index contributed by atoms with van der Waals surface area (Å²) >= 11 is 0. The summed E-state index contributed by atoms with van der Waals surface area (Å²) in [7, 11) is 0. The number of fused-ring (bicyclic) bond motifs is 1. The third-order valence-corrected chi connectivity index (χ3v) is 4.28. The van der Waals surface area contributed by atoms with Crippen LogP contribution in [0.1, 0.15) is 53.0 Å². The van der Waals surface area contributed by atoms with E-state index in [1.807, 2.05) is 19.1 Å². The molecule has 1 unspecified atom stereocenters. The van der Waals surface area contributed by atoms with Crippen LogP contribution in [0, 0.1) is 6.92 Å². The van der Waals surface area contributed by atoms with Crippen molar-refractivity contribution in [2.75, 3.05) is 0 Å². The van der Waals surface area contributed by atoms with Crippen LogP contribution < -0.4 is 5.32 Å². The van der Waals surface area contributed by atoms with E-state index in [1.54, 1.807) is 6.92 Å². The van der Waals surface area contributed by atoms with Gasteiger partial charge in [-0.05, 0) is 30.0 Å². The summed E-state index contributed by atoms with van der Waals surface area (Å²) < 4.78 is 10.3. The molecule has 0 radical (unpaired) electrons. The molecule has 0 spiro atoms. The van der Waals surface area contributed by atoms with Crippen molar-refractivity contribution in [2.24, 2.45) is 0 Å². The lowest BCUT2D eigenvalue weighted by atomic mass is 10.0. The Balaban J connectivity index is 1.54. The fraction of sp³-hybridized carbons (Fsp3) is 0.353. The number of hydrogen-bond donors (Lipinski definition) is 1. The van der Waals surface area contributed by atoms with E-state index in [-0.39, 0.29) is 17.8 Å². The largest absolute Gasteiger partial charge is 0.417 e. The lowest BCUT2D eigenvalue weighted by molar-refractivity contribution is 0.0900. The number of carbonyl (C=O) groups excluding carboxylic acids is 1. The maximum Gasteiger partial charge on any atom is 0.309 e. The molecule has 0 saturated heterocycles. The van der Waals surface area contributed by atoms with Crippen molar-refractivity contribution in [3.05, 3.63) is 47.0 Å². The molecule has 4 rings (SSSR count). The van der Waals surface area contributed by atoms with E-state index in [0.717, 1.165) is 24.0 Å². The highest BCUT2D eigenvalue weighted by molar-refractivity contribution is 5.89. The van der Waals surface area contributed by atoms with Crippen LogP contribution in [0.4, 0.5) is 0 Å². The molecule has 1 aliphatic carbocycles. The molecule has 1 aliphatic rings. The number of carbonyl (C=O) groups is 1. The first-order valence-corrected chi connectivity index (χ1v) is 8.20. The molecule has 8 heteroatoms. The van der Waals surface area contributed by atoms with Gasteiger partial charge in [0, 0.05) is 18.9 Å². The Hall–Kier alpha value is -3.03. The Labute approximate surface area is 143 Å². The number of hydrogen-bond acceptors (Lipinski definition) is 7. The van der Waals surface area contributed by atoms with Crippen molar-refractivity contribution >= 4 is 5.91 Å². The molecule has 1 atom stereocenters. The van der Waals surface area contributed by atoms with Crippen LogP contribution in [0.3, 0.4) is 0 Å². The summed E-state index contributed by atoms with van der Waals surface area (Å²) in [5.41, 5.74) is 3.18. The summed E-state index contributed by atoms with van der Waals surface area (Å²) in [6.07, 6.45) is 2.40. The number of benzene rings is 1. The van der Waals surface area contributed by atoms with Gasteiger partial charge in [-0.15, -0.1) is 10.2 Å². The van der Waals surface area contributed by atoms with Crippen molar-refractivity contribution in [1.82, 2.24) is 25.7 Å². The molecule has 8 nitrogen and oxygen atoms in total. The third-order valence-electron chi connectivity index (χ3n) is 4.28. The van der Waals surface area contributed by atoms with Crippen molar-refractivity contribution in [3.63, 3.8) is 0 Å². The van der Waals surface area contributed by atoms with Crippen molar-refractivity contribution < 1.29 is 13.7 Å². The van der Waals surface area contributed by atoms with Crippen LogP contribution in [0.2, 0.25) is 0 Å². The molecule has 1 amide bonds. The van der Waals surface area contributed by atoms with Gasteiger partial charge in [-0.3, -0.25) is 4.79 Å². The number of rotatable bonds is 4. The predicted molar refractivity (Wildman–Crippen MR) is 86.7 cm³/mol. The van der Waals surface area contributed by atoms with Crippen LogP contribution >= 0.6 is 0 Å². The lowest BCUT2D eigenvalue weighted by Crippen LogP contribution is -2.27. The lowest BCUT2D eigenvalue weighted by Gasteiger charge is -2.12. The van der Waals surface area contributed by atoms with E-state index in [2.05, 4.69) is 31.7 Å². The minimum Gasteiger partial charge on any atom is -0.417 e. The van der Waals surface area contributed by atoms with Gasteiger partial charge >= 0.3 is 11.8 Å². The van der Waals surface area contributed by atoms with E-state index < -0.39 is 0 Å². The van der Waals surface area contributed by atoms with E-state index in [0.29, 0.717) is 24.0 Å². The molecular formula is C17H17N5O3. The van der Waals surface area contributed by atoms with Gasteiger partial charge in [0.2, 0.25) is 17.6 Å². The highest BCUT2D eigenvalue weighted by Gasteiger charge is 2.26. The van der Waals surface area contributed by atoms with Gasteiger partial charge in [0.05, 0.1) is 6.04 Å². The molecule has 0 fully saturated rings. The van der Waals surface area contributed by atoms with E-state index in [1.165, 1.54) is 5.56 Å². The zero-order valence-corrected chi connectivity index (χ0v) is 13.9. The smallest absolute Gasteiger partial charge is 0.309 e. The molecule has 0 bridgehead atoms. The van der Waals surface area contributed by atoms with Crippen molar-refractivity contribution in [2.45, 2.75) is 39.2 Å². The average molecular weight is 339 g/mol. The van der Waals surface area contributed by atoms with Gasteiger partial charge in [0.15, 0.2) is 0 Å². The Bertz CT molecular complexity index is 930. The van der Waals surface area contributed by atoms with Crippen LogP contribution in [0.5, 0.6) is 0 Å². The fourth-order valence-corrected chi connectivity index (χ4v) is 3.03. The fourth-order valence-electron chi connectivity index (χ4n) is 3.03. The topological polar surface area (TPSA) is 107 Å². The van der Waals surface area contributed by atoms with E-state index in [4.69, 9.17) is 8.94 Å². The Morgan fingerprint density at radius 2 is 2.24 bits per heavy atom. The van der Waals surface area contributed by atoms with Crippen LogP contribution in [0.25, 0.3) is 11.4 Å². The summed E-state index contributed by atoms with van der Waals surface area (Å²) in [6.45, 7) is 3.62. The maximum absolute atomic E-state index is 12.2. The summed E-state index contributed by atoms with van der Waals surface area (Å²) in [4.78, 5) is 16.6. The monoisotopic (exact) mass is 339 g/mol. The molecule has 25 heavy (non-hydrogen) atoms. The molecule has 0 saturated carbocycles. The minimum atomic E-state index is -0.353. The van der Waals surface area contributed by atoms with Crippen molar-refractivity contribution in [3.8, 4) is 11.4 Å². The summed E-state index contributed by atoms with van der Waals surface area (Å²) in [5, 5.41) is 14.4. The number of aromatic nitrogens is 4. The number of aryl methyl sites for hydroxylation is 3.